The quantitative estimate of drug-likeness (QED) is 0.565. The van der Waals surface area contributed by atoms with E-state index in [1.807, 2.05) is 6.07 Å². The largest absolute Gasteiger partial charge is 0.508 e. The number of benzene rings is 2. The second-order valence-electron chi connectivity index (χ2n) is 4.75. The van der Waals surface area contributed by atoms with Gasteiger partial charge in [0.2, 0.25) is 5.95 Å². The predicted molar refractivity (Wildman–Crippen MR) is 85.5 cm³/mol. The van der Waals surface area contributed by atoms with Gasteiger partial charge in [0, 0.05) is 29.6 Å². The van der Waals surface area contributed by atoms with Crippen LogP contribution in [0.3, 0.4) is 0 Å². The van der Waals surface area contributed by atoms with Gasteiger partial charge in [-0.1, -0.05) is 18.2 Å². The van der Waals surface area contributed by atoms with Gasteiger partial charge >= 0.3 is 0 Å². The second-order valence-corrected chi connectivity index (χ2v) is 4.75. The average Bonchev–Trinajstić information content (AvgIpc) is 2.55. The summed E-state index contributed by atoms with van der Waals surface area (Å²) in [7, 11) is 0. The third-order valence-corrected chi connectivity index (χ3v) is 3.11. The van der Waals surface area contributed by atoms with Crippen molar-refractivity contribution in [1.29, 1.82) is 0 Å². The highest BCUT2D eigenvalue weighted by atomic mass is 16.6. The maximum Gasteiger partial charge on any atom is 0.271 e. The monoisotopic (exact) mass is 308 g/mol. The molecule has 3 aromatic rings. The number of phenols is 1. The number of aromatic hydroxyl groups is 1. The van der Waals surface area contributed by atoms with E-state index in [1.165, 1.54) is 12.1 Å². The Morgan fingerprint density at radius 1 is 1.09 bits per heavy atom. The Bertz CT molecular complexity index is 867. The van der Waals surface area contributed by atoms with E-state index < -0.39 is 4.92 Å². The SMILES string of the molecule is O=[N+]([O-])c1cccc(Nc2nccc(-c3cccc(O)c3)n2)c1. The molecule has 2 N–H and O–H groups in total. The second kappa shape index (κ2) is 6.10. The molecule has 1 aromatic heterocycles. The molecule has 0 atom stereocenters. The third kappa shape index (κ3) is 3.41. The lowest BCUT2D eigenvalue weighted by molar-refractivity contribution is -0.384. The van der Waals surface area contributed by atoms with Crippen LogP contribution in [0.4, 0.5) is 17.3 Å². The van der Waals surface area contributed by atoms with Crippen molar-refractivity contribution in [1.82, 2.24) is 9.97 Å². The number of nitro groups is 1. The Balaban J connectivity index is 1.88. The average molecular weight is 308 g/mol. The van der Waals surface area contributed by atoms with Gasteiger partial charge in [0.15, 0.2) is 0 Å². The molecule has 23 heavy (non-hydrogen) atoms. The highest BCUT2D eigenvalue weighted by molar-refractivity contribution is 5.64. The van der Waals surface area contributed by atoms with Crippen molar-refractivity contribution < 1.29 is 10.0 Å². The summed E-state index contributed by atoms with van der Waals surface area (Å²) in [5.74, 6) is 0.459. The number of phenolic OH excluding ortho intramolecular Hbond substituents is 1. The molecular formula is C16H12N4O3. The van der Waals surface area contributed by atoms with Crippen molar-refractivity contribution in [3.63, 3.8) is 0 Å². The standard InChI is InChI=1S/C16H12N4O3/c21-14-6-1-3-11(9-14)15-7-8-17-16(19-15)18-12-4-2-5-13(10-12)20(22)23/h1-10,21H,(H,17,18,19). The Hall–Kier alpha value is -3.48. The fraction of sp³-hybridized carbons (Fsp3) is 0. The summed E-state index contributed by atoms with van der Waals surface area (Å²) in [5.41, 5.74) is 1.88. The van der Waals surface area contributed by atoms with Crippen molar-refractivity contribution in [3.8, 4) is 17.0 Å². The molecule has 0 fully saturated rings. The molecule has 1 heterocycles. The lowest BCUT2D eigenvalue weighted by atomic mass is 10.1. The lowest BCUT2D eigenvalue weighted by Gasteiger charge is -2.07. The molecule has 7 nitrogen and oxygen atoms in total. The van der Waals surface area contributed by atoms with Crippen LogP contribution in [0.5, 0.6) is 5.75 Å². The van der Waals surface area contributed by atoms with Crippen LogP contribution in [0, 0.1) is 10.1 Å². The summed E-state index contributed by atoms with van der Waals surface area (Å²) in [6.07, 6.45) is 1.58. The van der Waals surface area contributed by atoms with Crippen molar-refractivity contribution in [2.45, 2.75) is 0 Å². The number of aromatic nitrogens is 2. The third-order valence-electron chi connectivity index (χ3n) is 3.11. The summed E-state index contributed by atoms with van der Waals surface area (Å²) >= 11 is 0. The molecule has 0 radical (unpaired) electrons. The summed E-state index contributed by atoms with van der Waals surface area (Å²) in [5, 5.41) is 23.3. The summed E-state index contributed by atoms with van der Waals surface area (Å²) < 4.78 is 0. The number of hydrogen-bond donors (Lipinski definition) is 2. The van der Waals surface area contributed by atoms with Gasteiger partial charge in [-0.05, 0) is 24.3 Å². The van der Waals surface area contributed by atoms with Gasteiger partial charge in [-0.25, -0.2) is 9.97 Å². The Kier molecular flexibility index (Phi) is 3.84. The Morgan fingerprint density at radius 3 is 2.70 bits per heavy atom. The van der Waals surface area contributed by atoms with Crippen LogP contribution < -0.4 is 5.32 Å². The minimum atomic E-state index is -0.463. The molecule has 0 bridgehead atoms. The Labute approximate surface area is 131 Å². The summed E-state index contributed by atoms with van der Waals surface area (Å²) in [6.45, 7) is 0. The minimum Gasteiger partial charge on any atom is -0.508 e. The number of rotatable bonds is 4. The van der Waals surface area contributed by atoms with E-state index in [1.54, 1.807) is 42.6 Å². The molecule has 7 heteroatoms. The van der Waals surface area contributed by atoms with Crippen LogP contribution in [-0.2, 0) is 0 Å². The van der Waals surface area contributed by atoms with Crippen LogP contribution in [0.25, 0.3) is 11.3 Å². The zero-order valence-electron chi connectivity index (χ0n) is 11.9. The molecule has 0 aliphatic carbocycles. The Morgan fingerprint density at radius 2 is 1.91 bits per heavy atom. The molecular weight excluding hydrogens is 296 g/mol. The van der Waals surface area contributed by atoms with Crippen LogP contribution in [0.15, 0.2) is 60.8 Å². The van der Waals surface area contributed by atoms with E-state index >= 15 is 0 Å². The predicted octanol–water partition coefficient (Wildman–Crippen LogP) is 3.50. The summed E-state index contributed by atoms with van der Waals surface area (Å²) in [4.78, 5) is 18.8. The molecule has 0 amide bonds. The first-order valence-electron chi connectivity index (χ1n) is 6.76. The molecule has 2 aromatic carbocycles. The number of hydrogen-bond acceptors (Lipinski definition) is 6. The number of nitrogens with zero attached hydrogens (tertiary/aromatic N) is 3. The van der Waals surface area contributed by atoms with Crippen LogP contribution >= 0.6 is 0 Å². The van der Waals surface area contributed by atoms with Crippen LogP contribution in [-0.4, -0.2) is 20.0 Å². The molecule has 0 spiro atoms. The normalized spacial score (nSPS) is 10.3. The van der Waals surface area contributed by atoms with Gasteiger partial charge in [-0.2, -0.15) is 0 Å². The van der Waals surface area contributed by atoms with Crippen molar-refractivity contribution in [2.24, 2.45) is 0 Å². The zero-order valence-corrected chi connectivity index (χ0v) is 11.9. The van der Waals surface area contributed by atoms with E-state index in [-0.39, 0.29) is 11.4 Å². The lowest BCUT2D eigenvalue weighted by Crippen LogP contribution is -1.98. The smallest absolute Gasteiger partial charge is 0.271 e. The summed E-state index contributed by atoms with van der Waals surface area (Å²) in [6, 6.07) is 14.5. The zero-order chi connectivity index (χ0) is 16.2. The molecule has 0 saturated heterocycles. The molecule has 0 aliphatic heterocycles. The molecule has 3 rings (SSSR count). The molecule has 0 saturated carbocycles. The highest BCUT2D eigenvalue weighted by Gasteiger charge is 2.07. The van der Waals surface area contributed by atoms with Gasteiger partial charge in [0.05, 0.1) is 10.6 Å². The number of nitrogens with one attached hydrogen (secondary N) is 1. The minimum absolute atomic E-state index is 0.0147. The van der Waals surface area contributed by atoms with E-state index in [2.05, 4.69) is 15.3 Å². The van der Waals surface area contributed by atoms with Crippen LogP contribution in [0.1, 0.15) is 0 Å². The van der Waals surface area contributed by atoms with E-state index in [0.717, 1.165) is 5.56 Å². The van der Waals surface area contributed by atoms with E-state index in [0.29, 0.717) is 17.3 Å². The molecule has 114 valence electrons. The van der Waals surface area contributed by atoms with Crippen molar-refractivity contribution in [2.75, 3.05) is 5.32 Å². The van der Waals surface area contributed by atoms with Gasteiger partial charge in [0.1, 0.15) is 5.75 Å². The fourth-order valence-electron chi connectivity index (χ4n) is 2.07. The molecule has 0 unspecified atom stereocenters. The van der Waals surface area contributed by atoms with E-state index in [9.17, 15) is 15.2 Å². The fourth-order valence-corrected chi connectivity index (χ4v) is 2.07. The van der Waals surface area contributed by atoms with E-state index in [4.69, 9.17) is 0 Å². The first-order chi connectivity index (χ1) is 11.1. The maximum atomic E-state index is 10.8. The van der Waals surface area contributed by atoms with Crippen molar-refractivity contribution >= 4 is 17.3 Å². The van der Waals surface area contributed by atoms with Gasteiger partial charge in [-0.3, -0.25) is 10.1 Å². The number of anilines is 2. The topological polar surface area (TPSA) is 101 Å². The van der Waals surface area contributed by atoms with Crippen molar-refractivity contribution in [3.05, 3.63) is 70.9 Å². The van der Waals surface area contributed by atoms with Gasteiger partial charge in [0.25, 0.3) is 5.69 Å². The van der Waals surface area contributed by atoms with Crippen LogP contribution in [0.2, 0.25) is 0 Å². The maximum absolute atomic E-state index is 10.8. The number of non-ortho nitro benzene ring substituents is 1. The highest BCUT2D eigenvalue weighted by Crippen LogP contribution is 2.23. The van der Waals surface area contributed by atoms with Gasteiger partial charge < -0.3 is 10.4 Å². The first kappa shape index (κ1) is 14.5. The van der Waals surface area contributed by atoms with Gasteiger partial charge in [-0.15, -0.1) is 0 Å². The first-order valence-corrected chi connectivity index (χ1v) is 6.76. The molecule has 0 aliphatic rings. The number of nitro benzene ring substituents is 1.